The summed E-state index contributed by atoms with van der Waals surface area (Å²) in [7, 11) is 0. The second-order valence-corrected chi connectivity index (χ2v) is 11.3. The number of carbonyl (C=O) groups excluding carboxylic acids is 3. The Labute approximate surface area is 257 Å². The zero-order valence-electron chi connectivity index (χ0n) is 20.7. The van der Waals surface area contributed by atoms with Crippen molar-refractivity contribution in [3.63, 3.8) is 0 Å². The molecule has 1 unspecified atom stereocenters. The summed E-state index contributed by atoms with van der Waals surface area (Å²) >= 11 is 24.2. The van der Waals surface area contributed by atoms with Crippen LogP contribution in [-0.2, 0) is 15.8 Å². The number of rotatable bonds is 7. The van der Waals surface area contributed by atoms with Crippen molar-refractivity contribution in [3.8, 4) is 0 Å². The molecule has 1 saturated carbocycles. The molecular weight excluding hydrogens is 677 g/mol. The topological polar surface area (TPSA) is 87.3 Å². The summed E-state index contributed by atoms with van der Waals surface area (Å²) in [5.41, 5.74) is -3.48. The lowest BCUT2D eigenvalue weighted by atomic mass is 10.0. The number of amides is 3. The van der Waals surface area contributed by atoms with Crippen molar-refractivity contribution in [2.75, 3.05) is 16.0 Å². The predicted octanol–water partition coefficient (Wildman–Crippen LogP) is 8.27. The molecule has 0 aromatic heterocycles. The number of hydrogen-bond acceptors (Lipinski definition) is 3. The smallest absolute Gasteiger partial charge is 0.326 e. The van der Waals surface area contributed by atoms with E-state index in [2.05, 4.69) is 10.6 Å². The number of alkyl halides is 7. The normalized spacial score (nSPS) is 17.4. The van der Waals surface area contributed by atoms with Crippen LogP contribution in [0.15, 0.2) is 48.5 Å². The third-order valence-corrected chi connectivity index (χ3v) is 7.85. The molecule has 0 bridgehead atoms. The molecule has 3 aromatic carbocycles. The van der Waals surface area contributed by atoms with E-state index in [4.69, 9.17) is 46.4 Å². The Kier molecular flexibility index (Phi) is 9.13. The first-order valence-corrected chi connectivity index (χ1v) is 13.2. The highest BCUT2D eigenvalue weighted by Gasteiger charge is 2.67. The summed E-state index contributed by atoms with van der Waals surface area (Å²) in [5, 5.41) is 5.10. The molecule has 0 heterocycles. The Balaban J connectivity index is 1.53. The highest BCUT2D eigenvalue weighted by Crippen LogP contribution is 2.65. The van der Waals surface area contributed by atoms with Crippen molar-refractivity contribution in [1.29, 1.82) is 0 Å². The second-order valence-electron chi connectivity index (χ2n) is 9.08. The Hall–Kier alpha value is -3.26. The van der Waals surface area contributed by atoms with Gasteiger partial charge in [-0.3, -0.25) is 14.4 Å². The quantitative estimate of drug-likeness (QED) is 0.172. The molecular formula is C26H14Cl4F7N3O3. The van der Waals surface area contributed by atoms with Crippen LogP contribution in [0, 0.1) is 17.6 Å². The number of nitrogens with one attached hydrogen (secondary N) is 3. The standard InChI is InChI=1S/C26H14Cl4F7N3O3/c27-13-4-2-10(8-11(13)22(41)39-16-6-5-15(31)20(19(16)32)40-24(43)21(33)34)38-23(42)18-17(25(18,29)30)9-1-3-14(28)12(7-9)26(35,36)37/h1-8,17-18,21H,(H,38,42)(H,39,41)(H,40,43)/t17-,18?/m0/s1. The van der Waals surface area contributed by atoms with Gasteiger partial charge in [0.2, 0.25) is 5.91 Å². The SMILES string of the molecule is O=C(Nc1ccc(F)c(NC(=O)C(F)F)c1F)c1cc(NC(=O)C2[C@H](c3ccc(Cl)c(C(F)(F)F)c3)C2(Cl)Cl)ccc1Cl. The second kappa shape index (κ2) is 12.0. The van der Waals surface area contributed by atoms with Crippen molar-refractivity contribution in [2.45, 2.75) is 22.9 Å². The fourth-order valence-corrected chi connectivity index (χ4v) is 5.41. The van der Waals surface area contributed by atoms with Gasteiger partial charge in [-0.1, -0.05) is 29.3 Å². The average Bonchev–Trinajstić information content (AvgIpc) is 3.50. The zero-order chi connectivity index (χ0) is 32.0. The van der Waals surface area contributed by atoms with Crippen LogP contribution < -0.4 is 16.0 Å². The van der Waals surface area contributed by atoms with E-state index in [-0.39, 0.29) is 21.8 Å². The van der Waals surface area contributed by atoms with Gasteiger partial charge in [0.1, 0.15) is 15.8 Å². The molecule has 3 amide bonds. The van der Waals surface area contributed by atoms with Crippen molar-refractivity contribution in [2.24, 2.45) is 5.92 Å². The van der Waals surface area contributed by atoms with E-state index < -0.39 is 80.1 Å². The summed E-state index contributed by atoms with van der Waals surface area (Å²) in [4.78, 5) is 37.1. The monoisotopic (exact) mass is 689 g/mol. The number of carbonyl (C=O) groups is 3. The zero-order valence-corrected chi connectivity index (χ0v) is 23.8. The molecule has 228 valence electrons. The number of benzene rings is 3. The van der Waals surface area contributed by atoms with E-state index in [1.165, 1.54) is 23.5 Å². The molecule has 2 atom stereocenters. The van der Waals surface area contributed by atoms with Gasteiger partial charge in [0.05, 0.1) is 32.8 Å². The summed E-state index contributed by atoms with van der Waals surface area (Å²) in [6.07, 6.45) is -8.36. The van der Waals surface area contributed by atoms with Crippen molar-refractivity contribution in [1.82, 2.24) is 0 Å². The predicted molar refractivity (Wildman–Crippen MR) is 146 cm³/mol. The van der Waals surface area contributed by atoms with Crippen LogP contribution in [0.4, 0.5) is 47.8 Å². The lowest BCUT2D eigenvalue weighted by molar-refractivity contribution is -0.137. The first-order chi connectivity index (χ1) is 19.9. The average molecular weight is 691 g/mol. The largest absolute Gasteiger partial charge is 0.417 e. The minimum atomic E-state index is -4.78. The Bertz CT molecular complexity index is 1640. The lowest BCUT2D eigenvalue weighted by Gasteiger charge is -2.13. The molecule has 3 N–H and O–H groups in total. The molecule has 0 saturated heterocycles. The maximum Gasteiger partial charge on any atom is 0.417 e. The molecule has 43 heavy (non-hydrogen) atoms. The van der Waals surface area contributed by atoms with E-state index in [1.807, 2.05) is 0 Å². The maximum atomic E-state index is 14.7. The summed E-state index contributed by atoms with van der Waals surface area (Å²) in [6.45, 7) is 0. The maximum absolute atomic E-state index is 14.7. The Morgan fingerprint density at radius 2 is 1.51 bits per heavy atom. The van der Waals surface area contributed by atoms with Crippen molar-refractivity contribution in [3.05, 3.63) is 86.9 Å². The van der Waals surface area contributed by atoms with Crippen LogP contribution in [-0.4, -0.2) is 28.5 Å². The van der Waals surface area contributed by atoms with Crippen LogP contribution >= 0.6 is 46.4 Å². The van der Waals surface area contributed by atoms with Gasteiger partial charge in [-0.15, -0.1) is 23.2 Å². The van der Waals surface area contributed by atoms with Crippen molar-refractivity contribution < 1.29 is 45.1 Å². The van der Waals surface area contributed by atoms with Crippen LogP contribution in [0.25, 0.3) is 0 Å². The molecule has 1 aliphatic carbocycles. The number of hydrogen-bond donors (Lipinski definition) is 3. The number of anilines is 3. The lowest BCUT2D eigenvalue weighted by Crippen LogP contribution is -2.22. The van der Waals surface area contributed by atoms with Gasteiger partial charge >= 0.3 is 12.6 Å². The summed E-state index contributed by atoms with van der Waals surface area (Å²) < 4.78 is 91.9. The molecule has 17 heteroatoms. The Morgan fingerprint density at radius 3 is 2.14 bits per heavy atom. The molecule has 3 aromatic rings. The Morgan fingerprint density at radius 1 is 0.860 bits per heavy atom. The molecule has 6 nitrogen and oxygen atoms in total. The third kappa shape index (κ3) is 6.79. The molecule has 0 spiro atoms. The van der Waals surface area contributed by atoms with Gasteiger partial charge < -0.3 is 16.0 Å². The molecule has 1 aliphatic rings. The van der Waals surface area contributed by atoms with Gasteiger partial charge in [-0.25, -0.2) is 8.78 Å². The highest BCUT2D eigenvalue weighted by molar-refractivity contribution is 6.53. The van der Waals surface area contributed by atoms with Gasteiger partial charge in [-0.05, 0) is 48.0 Å². The van der Waals surface area contributed by atoms with E-state index >= 15 is 0 Å². The molecule has 4 rings (SSSR count). The number of halogens is 11. The first-order valence-electron chi connectivity index (χ1n) is 11.7. The molecule has 0 aliphatic heterocycles. The summed E-state index contributed by atoms with van der Waals surface area (Å²) in [6, 6.07) is 7.85. The van der Waals surface area contributed by atoms with Gasteiger partial charge in [-0.2, -0.15) is 22.0 Å². The van der Waals surface area contributed by atoms with Gasteiger partial charge in [0.25, 0.3) is 11.8 Å². The minimum Gasteiger partial charge on any atom is -0.326 e. The van der Waals surface area contributed by atoms with Crippen LogP contribution in [0.3, 0.4) is 0 Å². The molecule has 1 fully saturated rings. The van der Waals surface area contributed by atoms with E-state index in [1.54, 1.807) is 0 Å². The van der Waals surface area contributed by atoms with Gasteiger partial charge in [0.15, 0.2) is 5.82 Å². The minimum absolute atomic E-state index is 0.00322. The fourth-order valence-electron chi connectivity index (χ4n) is 4.15. The van der Waals surface area contributed by atoms with Crippen molar-refractivity contribution >= 4 is 81.2 Å². The first kappa shape index (κ1) is 32.6. The molecule has 0 radical (unpaired) electrons. The van der Waals surface area contributed by atoms with Crippen LogP contribution in [0.1, 0.15) is 27.4 Å². The van der Waals surface area contributed by atoms with E-state index in [9.17, 15) is 45.1 Å². The third-order valence-electron chi connectivity index (χ3n) is 6.26. The van der Waals surface area contributed by atoms with E-state index in [0.29, 0.717) is 6.07 Å². The van der Waals surface area contributed by atoms with E-state index in [0.717, 1.165) is 24.3 Å². The highest BCUT2D eigenvalue weighted by atomic mass is 35.5. The summed E-state index contributed by atoms with van der Waals surface area (Å²) in [5.74, 6) is -9.14. The van der Waals surface area contributed by atoms with Crippen LogP contribution in [0.5, 0.6) is 0 Å². The fraction of sp³-hybridized carbons (Fsp3) is 0.192. The van der Waals surface area contributed by atoms with Gasteiger partial charge in [0, 0.05) is 11.6 Å². The van der Waals surface area contributed by atoms with Crippen LogP contribution in [0.2, 0.25) is 10.0 Å².